The van der Waals surface area contributed by atoms with Crippen LogP contribution in [-0.2, 0) is 13.2 Å². The Labute approximate surface area is 140 Å². The largest absolute Gasteiger partial charge is 0.483 e. The van der Waals surface area contributed by atoms with Crippen LogP contribution in [0.4, 0.5) is 0 Å². The van der Waals surface area contributed by atoms with E-state index >= 15 is 0 Å². The van der Waals surface area contributed by atoms with Gasteiger partial charge in [0, 0.05) is 6.20 Å². The lowest BCUT2D eigenvalue weighted by Crippen LogP contribution is -2.21. The minimum absolute atomic E-state index is 0.169. The van der Waals surface area contributed by atoms with Gasteiger partial charge in [-0.1, -0.05) is 42.5 Å². The Morgan fingerprint density at radius 3 is 2.38 bits per heavy atom. The van der Waals surface area contributed by atoms with Crippen LogP contribution in [0.2, 0.25) is 0 Å². The third-order valence-electron chi connectivity index (χ3n) is 3.66. The molecule has 0 aliphatic carbocycles. The number of hydrogen-bond donors (Lipinski definition) is 0. The van der Waals surface area contributed by atoms with Crippen molar-refractivity contribution in [3.8, 4) is 11.8 Å². The minimum atomic E-state index is -0.169. The van der Waals surface area contributed by atoms with Crippen molar-refractivity contribution in [2.45, 2.75) is 13.2 Å². The third kappa shape index (κ3) is 3.71. The van der Waals surface area contributed by atoms with Crippen LogP contribution in [0.1, 0.15) is 16.7 Å². The first-order valence-corrected chi connectivity index (χ1v) is 7.61. The number of hydrogen-bond acceptors (Lipinski definition) is 3. The molecule has 4 nitrogen and oxygen atoms in total. The molecule has 24 heavy (non-hydrogen) atoms. The van der Waals surface area contributed by atoms with Crippen LogP contribution in [0.5, 0.6) is 5.75 Å². The normalized spacial score (nSPS) is 10.1. The summed E-state index contributed by atoms with van der Waals surface area (Å²) in [6, 6.07) is 22.5. The van der Waals surface area contributed by atoms with Crippen LogP contribution in [0.25, 0.3) is 0 Å². The molecule has 1 heterocycles. The Hall–Kier alpha value is -3.32. The van der Waals surface area contributed by atoms with Gasteiger partial charge in [-0.3, -0.25) is 4.79 Å². The summed E-state index contributed by atoms with van der Waals surface area (Å²) in [6.45, 7) is 0.796. The predicted molar refractivity (Wildman–Crippen MR) is 91.7 cm³/mol. The van der Waals surface area contributed by atoms with Gasteiger partial charge in [-0.25, -0.2) is 0 Å². The Kier molecular flexibility index (Phi) is 4.73. The van der Waals surface area contributed by atoms with E-state index in [1.807, 2.05) is 42.5 Å². The van der Waals surface area contributed by atoms with Crippen LogP contribution in [-0.4, -0.2) is 4.57 Å². The molecule has 0 saturated heterocycles. The second-order valence-corrected chi connectivity index (χ2v) is 5.39. The fourth-order valence-electron chi connectivity index (χ4n) is 2.37. The molecule has 0 fully saturated rings. The van der Waals surface area contributed by atoms with Gasteiger partial charge in [0.15, 0.2) is 5.75 Å². The SMILES string of the molecule is N#Cc1ccc(Cn2cccc(OCc3ccccc3)c2=O)cc1. The highest BCUT2D eigenvalue weighted by Gasteiger charge is 2.05. The van der Waals surface area contributed by atoms with Gasteiger partial charge < -0.3 is 9.30 Å². The average molecular weight is 316 g/mol. The first kappa shape index (κ1) is 15.6. The van der Waals surface area contributed by atoms with E-state index in [-0.39, 0.29) is 5.56 Å². The first-order valence-electron chi connectivity index (χ1n) is 7.61. The molecule has 0 amide bonds. The van der Waals surface area contributed by atoms with Crippen molar-refractivity contribution in [1.29, 1.82) is 5.26 Å². The van der Waals surface area contributed by atoms with E-state index < -0.39 is 0 Å². The van der Waals surface area contributed by atoms with Crippen molar-refractivity contribution < 1.29 is 4.74 Å². The minimum Gasteiger partial charge on any atom is -0.483 e. The van der Waals surface area contributed by atoms with E-state index in [1.54, 1.807) is 35.0 Å². The van der Waals surface area contributed by atoms with Gasteiger partial charge in [0.25, 0.3) is 5.56 Å². The smallest absolute Gasteiger partial charge is 0.293 e. The van der Waals surface area contributed by atoms with E-state index in [0.717, 1.165) is 11.1 Å². The van der Waals surface area contributed by atoms with Crippen LogP contribution >= 0.6 is 0 Å². The van der Waals surface area contributed by atoms with Crippen LogP contribution in [0, 0.1) is 11.3 Å². The van der Waals surface area contributed by atoms with Gasteiger partial charge in [0.2, 0.25) is 0 Å². The molecule has 0 saturated carbocycles. The molecule has 0 aliphatic rings. The second kappa shape index (κ2) is 7.30. The zero-order valence-electron chi connectivity index (χ0n) is 13.1. The van der Waals surface area contributed by atoms with E-state index in [2.05, 4.69) is 6.07 Å². The number of pyridine rings is 1. The Morgan fingerprint density at radius 2 is 1.67 bits per heavy atom. The van der Waals surface area contributed by atoms with Crippen LogP contribution < -0.4 is 10.3 Å². The second-order valence-electron chi connectivity index (χ2n) is 5.39. The van der Waals surface area contributed by atoms with Gasteiger partial charge in [-0.15, -0.1) is 0 Å². The van der Waals surface area contributed by atoms with Gasteiger partial charge in [-0.05, 0) is 35.4 Å². The average Bonchev–Trinajstić information content (AvgIpc) is 2.64. The molecule has 0 radical (unpaired) electrons. The Balaban J connectivity index is 1.75. The molecule has 1 aromatic heterocycles. The van der Waals surface area contributed by atoms with Crippen LogP contribution in [0.15, 0.2) is 77.7 Å². The zero-order chi connectivity index (χ0) is 16.8. The summed E-state index contributed by atoms with van der Waals surface area (Å²) in [5.74, 6) is 0.329. The topological polar surface area (TPSA) is 55.0 Å². The van der Waals surface area contributed by atoms with E-state index in [0.29, 0.717) is 24.5 Å². The molecule has 0 aliphatic heterocycles. The van der Waals surface area contributed by atoms with Gasteiger partial charge >= 0.3 is 0 Å². The maximum absolute atomic E-state index is 12.5. The standard InChI is InChI=1S/C20H16N2O2/c21-13-16-8-10-17(11-9-16)14-22-12-4-7-19(20(22)23)24-15-18-5-2-1-3-6-18/h1-12H,14-15H2. The van der Waals surface area contributed by atoms with Crippen molar-refractivity contribution in [2.75, 3.05) is 0 Å². The summed E-state index contributed by atoms with van der Waals surface area (Å²) in [4.78, 5) is 12.5. The molecule has 3 aromatic rings. The maximum atomic E-state index is 12.5. The molecule has 0 bridgehead atoms. The van der Waals surface area contributed by atoms with Crippen molar-refractivity contribution in [3.63, 3.8) is 0 Å². The predicted octanol–water partition coefficient (Wildman–Crippen LogP) is 3.35. The number of nitrogens with zero attached hydrogens (tertiary/aromatic N) is 2. The molecule has 0 unspecified atom stereocenters. The molecule has 118 valence electrons. The number of ether oxygens (including phenoxy) is 1. The molecule has 3 rings (SSSR count). The Morgan fingerprint density at radius 1 is 0.917 bits per heavy atom. The molecule has 2 aromatic carbocycles. The molecule has 0 spiro atoms. The number of nitriles is 1. The molecule has 0 atom stereocenters. The molecular formula is C20H16N2O2. The lowest BCUT2D eigenvalue weighted by atomic mass is 10.1. The summed E-state index contributed by atoms with van der Waals surface area (Å²) in [6.07, 6.45) is 1.73. The lowest BCUT2D eigenvalue weighted by molar-refractivity contribution is 0.299. The fourth-order valence-corrected chi connectivity index (χ4v) is 2.37. The monoisotopic (exact) mass is 316 g/mol. The van der Waals surface area contributed by atoms with Crippen molar-refractivity contribution in [2.24, 2.45) is 0 Å². The number of aromatic nitrogens is 1. The van der Waals surface area contributed by atoms with Gasteiger partial charge in [-0.2, -0.15) is 5.26 Å². The van der Waals surface area contributed by atoms with Crippen molar-refractivity contribution >= 4 is 0 Å². The maximum Gasteiger partial charge on any atom is 0.293 e. The van der Waals surface area contributed by atoms with Crippen molar-refractivity contribution in [3.05, 3.63) is 100.0 Å². The Bertz CT molecular complexity index is 907. The molecular weight excluding hydrogens is 300 g/mol. The van der Waals surface area contributed by atoms with Crippen LogP contribution in [0.3, 0.4) is 0 Å². The van der Waals surface area contributed by atoms with E-state index in [4.69, 9.17) is 10.00 Å². The highest BCUT2D eigenvalue weighted by molar-refractivity contribution is 5.32. The van der Waals surface area contributed by atoms with Gasteiger partial charge in [0.1, 0.15) is 6.61 Å². The number of rotatable bonds is 5. The number of benzene rings is 2. The summed E-state index contributed by atoms with van der Waals surface area (Å²) in [5.41, 5.74) is 2.40. The van der Waals surface area contributed by atoms with E-state index in [9.17, 15) is 4.79 Å². The highest BCUT2D eigenvalue weighted by Crippen LogP contribution is 2.09. The fraction of sp³-hybridized carbons (Fsp3) is 0.100. The zero-order valence-corrected chi connectivity index (χ0v) is 13.1. The van der Waals surface area contributed by atoms with Crippen molar-refractivity contribution in [1.82, 2.24) is 4.57 Å². The summed E-state index contributed by atoms with van der Waals surface area (Å²) in [5, 5.41) is 8.83. The third-order valence-corrected chi connectivity index (χ3v) is 3.66. The molecule has 4 heteroatoms. The van der Waals surface area contributed by atoms with E-state index in [1.165, 1.54) is 0 Å². The van der Waals surface area contributed by atoms with Gasteiger partial charge in [0.05, 0.1) is 18.2 Å². The molecule has 0 N–H and O–H groups in total. The summed E-state index contributed by atoms with van der Waals surface area (Å²) in [7, 11) is 0. The quantitative estimate of drug-likeness (QED) is 0.725. The summed E-state index contributed by atoms with van der Waals surface area (Å²) >= 11 is 0. The lowest BCUT2D eigenvalue weighted by Gasteiger charge is -2.10. The highest BCUT2D eigenvalue weighted by atomic mass is 16.5. The summed E-state index contributed by atoms with van der Waals surface area (Å²) < 4.78 is 7.26. The first-order chi connectivity index (χ1) is 11.8.